The van der Waals surface area contributed by atoms with Gasteiger partial charge >= 0.3 is 0 Å². The van der Waals surface area contributed by atoms with E-state index in [-0.39, 0.29) is 37.4 Å². The highest BCUT2D eigenvalue weighted by Gasteiger charge is 2.17. The lowest BCUT2D eigenvalue weighted by Crippen LogP contribution is -2.38. The molecule has 3 N–H and O–H groups in total. The quantitative estimate of drug-likeness (QED) is 0.789. The van der Waals surface area contributed by atoms with Crippen molar-refractivity contribution in [3.05, 3.63) is 29.3 Å². The summed E-state index contributed by atoms with van der Waals surface area (Å²) >= 11 is 0. The molecule has 0 heterocycles. The molecule has 0 aliphatic carbocycles. The van der Waals surface area contributed by atoms with Crippen LogP contribution >= 0.6 is 0 Å². The molecule has 0 aliphatic heterocycles. The standard InChI is InChI=1S/C16H25N3O3/c1-11-6-5-7-14(12(11)2)18-15(20)10-19(3)16(21)8-13(9-17)22-4/h5-7,13H,8-10,17H2,1-4H3,(H,18,20). The van der Waals surface area contributed by atoms with Crippen LogP contribution < -0.4 is 11.1 Å². The molecule has 0 bridgehead atoms. The van der Waals surface area contributed by atoms with Gasteiger partial charge in [-0.25, -0.2) is 0 Å². The van der Waals surface area contributed by atoms with E-state index in [1.807, 2.05) is 32.0 Å². The van der Waals surface area contributed by atoms with Gasteiger partial charge in [-0.1, -0.05) is 12.1 Å². The van der Waals surface area contributed by atoms with Gasteiger partial charge < -0.3 is 20.7 Å². The van der Waals surface area contributed by atoms with Crippen LogP contribution in [0.3, 0.4) is 0 Å². The number of carbonyl (C=O) groups excluding carboxylic acids is 2. The van der Waals surface area contributed by atoms with Crippen molar-refractivity contribution >= 4 is 17.5 Å². The van der Waals surface area contributed by atoms with E-state index < -0.39 is 0 Å². The van der Waals surface area contributed by atoms with Crippen molar-refractivity contribution < 1.29 is 14.3 Å². The van der Waals surface area contributed by atoms with Crippen LogP contribution in [0, 0.1) is 13.8 Å². The summed E-state index contributed by atoms with van der Waals surface area (Å²) in [7, 11) is 3.10. The summed E-state index contributed by atoms with van der Waals surface area (Å²) in [5.41, 5.74) is 8.38. The van der Waals surface area contributed by atoms with Gasteiger partial charge in [-0.3, -0.25) is 9.59 Å². The van der Waals surface area contributed by atoms with Gasteiger partial charge in [0.15, 0.2) is 0 Å². The lowest BCUT2D eigenvalue weighted by Gasteiger charge is -2.20. The van der Waals surface area contributed by atoms with Crippen LogP contribution in [0.2, 0.25) is 0 Å². The van der Waals surface area contributed by atoms with Gasteiger partial charge in [0.2, 0.25) is 11.8 Å². The number of hydrogen-bond acceptors (Lipinski definition) is 4. The van der Waals surface area contributed by atoms with E-state index in [0.29, 0.717) is 0 Å². The Kier molecular flexibility index (Phi) is 7.01. The first-order valence-corrected chi connectivity index (χ1v) is 7.22. The normalized spacial score (nSPS) is 11.9. The van der Waals surface area contributed by atoms with Gasteiger partial charge in [0.25, 0.3) is 0 Å². The molecule has 0 aliphatic rings. The maximum Gasteiger partial charge on any atom is 0.243 e. The highest BCUT2D eigenvalue weighted by atomic mass is 16.5. The fourth-order valence-electron chi connectivity index (χ4n) is 1.99. The van der Waals surface area contributed by atoms with Crippen molar-refractivity contribution in [2.24, 2.45) is 5.73 Å². The van der Waals surface area contributed by atoms with Crippen LogP contribution in [0.1, 0.15) is 17.5 Å². The highest BCUT2D eigenvalue weighted by molar-refractivity contribution is 5.95. The Labute approximate surface area is 131 Å². The summed E-state index contributed by atoms with van der Waals surface area (Å²) in [5, 5.41) is 2.83. The Balaban J connectivity index is 2.57. The van der Waals surface area contributed by atoms with E-state index >= 15 is 0 Å². The fraction of sp³-hybridized carbons (Fsp3) is 0.500. The molecule has 1 aromatic carbocycles. The molecule has 6 nitrogen and oxygen atoms in total. The molecule has 122 valence electrons. The number of nitrogens with one attached hydrogen (secondary N) is 1. The average Bonchev–Trinajstić information content (AvgIpc) is 2.49. The largest absolute Gasteiger partial charge is 0.380 e. The zero-order valence-electron chi connectivity index (χ0n) is 13.7. The van der Waals surface area contributed by atoms with Crippen LogP contribution in [0.4, 0.5) is 5.69 Å². The summed E-state index contributed by atoms with van der Waals surface area (Å²) in [6.07, 6.45) is -0.155. The number of ether oxygens (including phenoxy) is 1. The average molecular weight is 307 g/mol. The first-order valence-electron chi connectivity index (χ1n) is 7.22. The molecule has 1 unspecified atom stereocenters. The Morgan fingerprint density at radius 1 is 1.36 bits per heavy atom. The highest BCUT2D eigenvalue weighted by Crippen LogP contribution is 2.17. The number of hydrogen-bond donors (Lipinski definition) is 2. The third kappa shape index (κ3) is 5.13. The van der Waals surface area contributed by atoms with Gasteiger partial charge in [0.1, 0.15) is 0 Å². The molecule has 0 radical (unpaired) electrons. The fourth-order valence-corrected chi connectivity index (χ4v) is 1.99. The topological polar surface area (TPSA) is 84.7 Å². The first kappa shape index (κ1) is 18.1. The second-order valence-electron chi connectivity index (χ2n) is 5.34. The number of benzene rings is 1. The molecule has 0 fully saturated rings. The van der Waals surface area contributed by atoms with Crippen molar-refractivity contribution in [3.8, 4) is 0 Å². The van der Waals surface area contributed by atoms with E-state index in [1.54, 1.807) is 7.05 Å². The minimum atomic E-state index is -0.322. The lowest BCUT2D eigenvalue weighted by atomic mass is 10.1. The molecule has 2 amide bonds. The molecule has 0 saturated heterocycles. The van der Waals surface area contributed by atoms with E-state index in [9.17, 15) is 9.59 Å². The third-order valence-corrected chi connectivity index (χ3v) is 3.68. The maximum atomic E-state index is 12.1. The summed E-state index contributed by atoms with van der Waals surface area (Å²) in [5.74, 6) is -0.403. The third-order valence-electron chi connectivity index (χ3n) is 3.68. The van der Waals surface area contributed by atoms with Gasteiger partial charge in [-0.05, 0) is 31.0 Å². The van der Waals surface area contributed by atoms with E-state index in [1.165, 1.54) is 12.0 Å². The predicted octanol–water partition coefficient (Wildman–Crippen LogP) is 1.06. The summed E-state index contributed by atoms with van der Waals surface area (Å²) in [6.45, 7) is 4.20. The second-order valence-corrected chi connectivity index (χ2v) is 5.34. The van der Waals surface area contributed by atoms with E-state index in [4.69, 9.17) is 10.5 Å². The molecule has 1 rings (SSSR count). The summed E-state index contributed by atoms with van der Waals surface area (Å²) in [6, 6.07) is 5.72. The number of nitrogens with zero attached hydrogens (tertiary/aromatic N) is 1. The molecule has 1 atom stereocenters. The molecule has 0 aromatic heterocycles. The number of amides is 2. The molecule has 1 aromatic rings. The second kappa shape index (κ2) is 8.51. The molecule has 0 saturated carbocycles. The SMILES string of the molecule is COC(CN)CC(=O)N(C)CC(=O)Nc1cccc(C)c1C. The van der Waals surface area contributed by atoms with Crippen molar-refractivity contribution in [2.75, 3.05) is 32.6 Å². The Morgan fingerprint density at radius 2 is 2.05 bits per heavy atom. The molecule has 0 spiro atoms. The van der Waals surface area contributed by atoms with E-state index in [0.717, 1.165) is 16.8 Å². The lowest BCUT2D eigenvalue weighted by molar-refractivity contribution is -0.135. The van der Waals surface area contributed by atoms with Crippen LogP contribution in [0.5, 0.6) is 0 Å². The van der Waals surface area contributed by atoms with Gasteiger partial charge in [0.05, 0.1) is 19.1 Å². The zero-order valence-corrected chi connectivity index (χ0v) is 13.7. The van der Waals surface area contributed by atoms with Crippen molar-refractivity contribution in [1.82, 2.24) is 4.90 Å². The smallest absolute Gasteiger partial charge is 0.243 e. The predicted molar refractivity (Wildman–Crippen MR) is 86.7 cm³/mol. The monoisotopic (exact) mass is 307 g/mol. The number of rotatable bonds is 7. The van der Waals surface area contributed by atoms with Crippen molar-refractivity contribution in [3.63, 3.8) is 0 Å². The molecule has 6 heteroatoms. The molecular weight excluding hydrogens is 282 g/mol. The number of anilines is 1. The Bertz CT molecular complexity index is 527. The summed E-state index contributed by atoms with van der Waals surface area (Å²) in [4.78, 5) is 25.4. The zero-order chi connectivity index (χ0) is 16.7. The number of methoxy groups -OCH3 is 1. The van der Waals surface area contributed by atoms with E-state index in [2.05, 4.69) is 5.32 Å². The minimum Gasteiger partial charge on any atom is -0.380 e. The number of nitrogens with two attached hydrogens (primary N) is 1. The summed E-state index contributed by atoms with van der Waals surface area (Å²) < 4.78 is 5.08. The molecular formula is C16H25N3O3. The van der Waals surface area contributed by atoms with Crippen LogP contribution in [-0.4, -0.2) is 50.1 Å². The number of aryl methyl sites for hydroxylation is 1. The minimum absolute atomic E-state index is 0.00673. The van der Waals surface area contributed by atoms with Gasteiger partial charge in [-0.15, -0.1) is 0 Å². The number of carbonyl (C=O) groups is 2. The van der Waals surface area contributed by atoms with Crippen molar-refractivity contribution in [1.29, 1.82) is 0 Å². The van der Waals surface area contributed by atoms with Crippen LogP contribution in [0.25, 0.3) is 0 Å². The Morgan fingerprint density at radius 3 is 2.64 bits per heavy atom. The Hall–Kier alpha value is -1.92. The van der Waals surface area contributed by atoms with Crippen molar-refractivity contribution in [2.45, 2.75) is 26.4 Å². The maximum absolute atomic E-state index is 12.1. The van der Waals surface area contributed by atoms with Gasteiger partial charge in [0, 0.05) is 26.4 Å². The van der Waals surface area contributed by atoms with Crippen LogP contribution in [0.15, 0.2) is 18.2 Å². The van der Waals surface area contributed by atoms with Gasteiger partial charge in [-0.2, -0.15) is 0 Å². The number of likely N-dealkylation sites (N-methyl/N-ethyl adjacent to an activating group) is 1. The first-order chi connectivity index (χ1) is 10.4. The van der Waals surface area contributed by atoms with Crippen LogP contribution in [-0.2, 0) is 14.3 Å². The molecule has 22 heavy (non-hydrogen) atoms.